The van der Waals surface area contributed by atoms with Crippen LogP contribution < -0.4 is 10.2 Å². The molecule has 0 aliphatic carbocycles. The van der Waals surface area contributed by atoms with Crippen LogP contribution in [0.15, 0.2) is 29.2 Å². The first-order valence-corrected chi connectivity index (χ1v) is 5.97. The number of nitrogens with one attached hydrogen (secondary N) is 1. The third-order valence-electron chi connectivity index (χ3n) is 2.29. The molecular weight excluding hydrogens is 235 g/mol. The van der Waals surface area contributed by atoms with Crippen molar-refractivity contribution in [3.05, 3.63) is 24.3 Å². The van der Waals surface area contributed by atoms with Gasteiger partial charge in [0.15, 0.2) is 0 Å². The molecule has 1 fully saturated rings. The first-order chi connectivity index (χ1) is 7.48. The van der Waals surface area contributed by atoms with E-state index in [2.05, 4.69) is 5.32 Å². The average Bonchev–Trinajstić information content (AvgIpc) is 2.63. The highest BCUT2D eigenvalue weighted by Crippen LogP contribution is 2.20. The molecule has 0 saturated carbocycles. The summed E-state index contributed by atoms with van der Waals surface area (Å²) in [6.07, 6.45) is 0. The summed E-state index contributed by atoms with van der Waals surface area (Å²) in [4.78, 5) is 12.3. The topological polar surface area (TPSA) is 66.5 Å². The number of amides is 2. The van der Waals surface area contributed by atoms with Gasteiger partial charge in [0.25, 0.3) is 0 Å². The molecule has 1 N–H and O–H groups in total. The van der Waals surface area contributed by atoms with E-state index in [4.69, 9.17) is 0 Å². The first-order valence-electron chi connectivity index (χ1n) is 4.58. The van der Waals surface area contributed by atoms with Crippen LogP contribution >= 0.6 is 0 Å². The zero-order chi connectivity index (χ0) is 11.8. The summed E-state index contributed by atoms with van der Waals surface area (Å²) < 4.78 is 33.7. The van der Waals surface area contributed by atoms with Gasteiger partial charge in [-0.25, -0.2) is 4.79 Å². The molecule has 7 heteroatoms. The van der Waals surface area contributed by atoms with E-state index in [1.165, 1.54) is 17.0 Å². The Morgan fingerprint density at radius 2 is 1.88 bits per heavy atom. The molecule has 1 saturated heterocycles. The molecule has 1 aromatic carbocycles. The summed E-state index contributed by atoms with van der Waals surface area (Å²) in [7, 11) is -4.68. The predicted molar refractivity (Wildman–Crippen MR) is 55.5 cm³/mol. The molecule has 0 radical (unpaired) electrons. The van der Waals surface area contributed by atoms with Gasteiger partial charge in [-0.1, -0.05) is 0 Å². The molecule has 0 atom stereocenters. The molecule has 1 heterocycles. The summed E-state index contributed by atoms with van der Waals surface area (Å²) in [6, 6.07) is 4.83. The molecule has 1 aliphatic rings. The van der Waals surface area contributed by atoms with E-state index < -0.39 is 15.1 Å². The minimum Gasteiger partial charge on any atom is -0.336 e. The number of halogens is 1. The molecule has 16 heavy (non-hydrogen) atoms. The number of carbonyl (C=O) groups is 1. The fourth-order valence-corrected chi connectivity index (χ4v) is 1.97. The second-order valence-electron chi connectivity index (χ2n) is 3.32. The van der Waals surface area contributed by atoms with Crippen LogP contribution in [0.25, 0.3) is 0 Å². The van der Waals surface area contributed by atoms with Crippen LogP contribution in [0, 0.1) is 0 Å². The molecule has 0 bridgehead atoms. The number of carbonyl (C=O) groups excluding carboxylic acids is 1. The lowest BCUT2D eigenvalue weighted by molar-refractivity contribution is 0.252. The monoisotopic (exact) mass is 244 g/mol. The van der Waals surface area contributed by atoms with E-state index in [0.717, 1.165) is 12.1 Å². The molecule has 5 nitrogen and oxygen atoms in total. The van der Waals surface area contributed by atoms with E-state index in [1.807, 2.05) is 0 Å². The van der Waals surface area contributed by atoms with Crippen molar-refractivity contribution in [3.8, 4) is 0 Å². The fourth-order valence-electron chi connectivity index (χ4n) is 1.51. The van der Waals surface area contributed by atoms with Gasteiger partial charge in [0, 0.05) is 18.8 Å². The SMILES string of the molecule is O=C1NCCN1c1ccc(S(=O)(=O)F)cc1. The van der Waals surface area contributed by atoms with E-state index in [-0.39, 0.29) is 6.03 Å². The van der Waals surface area contributed by atoms with Crippen LogP contribution in [0.1, 0.15) is 0 Å². The molecule has 1 aromatic rings. The van der Waals surface area contributed by atoms with Crippen LogP contribution in [0.4, 0.5) is 14.4 Å². The minimum atomic E-state index is -4.68. The van der Waals surface area contributed by atoms with E-state index in [0.29, 0.717) is 18.8 Å². The Kier molecular flexibility index (Phi) is 2.55. The van der Waals surface area contributed by atoms with E-state index in [9.17, 15) is 17.1 Å². The van der Waals surface area contributed by atoms with Crippen molar-refractivity contribution in [2.75, 3.05) is 18.0 Å². The highest BCUT2D eigenvalue weighted by atomic mass is 32.3. The van der Waals surface area contributed by atoms with Crippen molar-refractivity contribution in [1.82, 2.24) is 5.32 Å². The van der Waals surface area contributed by atoms with Gasteiger partial charge in [0.1, 0.15) is 0 Å². The summed E-state index contributed by atoms with van der Waals surface area (Å²) in [5, 5.41) is 2.61. The third-order valence-corrected chi connectivity index (χ3v) is 3.12. The number of hydrogen-bond donors (Lipinski definition) is 1. The van der Waals surface area contributed by atoms with Gasteiger partial charge in [0.2, 0.25) is 0 Å². The molecule has 0 spiro atoms. The predicted octanol–water partition coefficient (Wildman–Crippen LogP) is 0.874. The van der Waals surface area contributed by atoms with Crippen molar-refractivity contribution < 1.29 is 17.1 Å². The Hall–Kier alpha value is -1.63. The van der Waals surface area contributed by atoms with Crippen LogP contribution in [0.2, 0.25) is 0 Å². The Morgan fingerprint density at radius 1 is 1.25 bits per heavy atom. The lowest BCUT2D eigenvalue weighted by atomic mass is 10.3. The molecule has 2 rings (SSSR count). The molecule has 2 amide bonds. The number of anilines is 1. The largest absolute Gasteiger partial charge is 0.336 e. The van der Waals surface area contributed by atoms with Gasteiger partial charge < -0.3 is 5.32 Å². The third kappa shape index (κ3) is 1.99. The zero-order valence-corrected chi connectivity index (χ0v) is 9.00. The van der Waals surface area contributed by atoms with E-state index >= 15 is 0 Å². The first kappa shape index (κ1) is 10.9. The molecule has 1 aliphatic heterocycles. The van der Waals surface area contributed by atoms with Crippen LogP contribution in [-0.2, 0) is 10.2 Å². The summed E-state index contributed by atoms with van der Waals surface area (Å²) in [5.41, 5.74) is 0.544. The van der Waals surface area contributed by atoms with Gasteiger partial charge >= 0.3 is 16.3 Å². The fraction of sp³-hybridized carbons (Fsp3) is 0.222. The van der Waals surface area contributed by atoms with Gasteiger partial charge in [-0.15, -0.1) is 3.89 Å². The second-order valence-corrected chi connectivity index (χ2v) is 4.66. The minimum absolute atomic E-state index is 0.240. The average molecular weight is 244 g/mol. The van der Waals surface area contributed by atoms with Crippen molar-refractivity contribution in [1.29, 1.82) is 0 Å². The van der Waals surface area contributed by atoms with Crippen molar-refractivity contribution >= 4 is 21.9 Å². The quantitative estimate of drug-likeness (QED) is 0.785. The maximum Gasteiger partial charge on any atom is 0.332 e. The number of benzene rings is 1. The van der Waals surface area contributed by atoms with Crippen LogP contribution in [-0.4, -0.2) is 27.5 Å². The summed E-state index contributed by atoms with van der Waals surface area (Å²) >= 11 is 0. The normalized spacial score (nSPS) is 16.3. The Labute approximate surface area is 92.1 Å². The van der Waals surface area contributed by atoms with Crippen LogP contribution in [0.3, 0.4) is 0 Å². The smallest absolute Gasteiger partial charge is 0.332 e. The Balaban J connectivity index is 2.29. The lowest BCUT2D eigenvalue weighted by Crippen LogP contribution is -2.27. The van der Waals surface area contributed by atoms with Gasteiger partial charge in [0.05, 0.1) is 4.90 Å². The molecular formula is C9H9FN2O3S. The Bertz CT molecular complexity index is 512. The van der Waals surface area contributed by atoms with Crippen molar-refractivity contribution in [3.63, 3.8) is 0 Å². The molecule has 0 aromatic heterocycles. The Morgan fingerprint density at radius 3 is 2.31 bits per heavy atom. The second kappa shape index (κ2) is 3.75. The lowest BCUT2D eigenvalue weighted by Gasteiger charge is -2.13. The van der Waals surface area contributed by atoms with Gasteiger partial charge in [-0.05, 0) is 24.3 Å². The maximum absolute atomic E-state index is 12.6. The zero-order valence-electron chi connectivity index (χ0n) is 8.18. The standard InChI is InChI=1S/C9H9FN2O3S/c10-16(14,15)8-3-1-7(2-4-8)12-6-5-11-9(12)13/h1-4H,5-6H2,(H,11,13). The highest BCUT2D eigenvalue weighted by molar-refractivity contribution is 7.86. The van der Waals surface area contributed by atoms with Crippen molar-refractivity contribution in [2.24, 2.45) is 0 Å². The highest BCUT2D eigenvalue weighted by Gasteiger charge is 2.21. The number of urea groups is 1. The van der Waals surface area contributed by atoms with Gasteiger partial charge in [-0.3, -0.25) is 4.90 Å². The summed E-state index contributed by atoms with van der Waals surface area (Å²) in [6.45, 7) is 1.06. The maximum atomic E-state index is 12.6. The van der Waals surface area contributed by atoms with E-state index in [1.54, 1.807) is 0 Å². The molecule has 86 valence electrons. The summed E-state index contributed by atoms with van der Waals surface area (Å²) in [5.74, 6) is 0. The van der Waals surface area contributed by atoms with Crippen LogP contribution in [0.5, 0.6) is 0 Å². The number of rotatable bonds is 2. The number of hydrogen-bond acceptors (Lipinski definition) is 3. The molecule has 0 unspecified atom stereocenters. The van der Waals surface area contributed by atoms with Gasteiger partial charge in [-0.2, -0.15) is 8.42 Å². The van der Waals surface area contributed by atoms with Crippen molar-refractivity contribution in [2.45, 2.75) is 4.90 Å². The number of nitrogens with zero attached hydrogens (tertiary/aromatic N) is 1.